The summed E-state index contributed by atoms with van der Waals surface area (Å²) in [5.74, 6) is 1.84. The highest BCUT2D eigenvalue weighted by atomic mass is 32.2. The van der Waals surface area contributed by atoms with Crippen LogP contribution in [0.15, 0.2) is 52.1 Å². The first kappa shape index (κ1) is 19.9. The predicted molar refractivity (Wildman–Crippen MR) is 107 cm³/mol. The van der Waals surface area contributed by atoms with E-state index in [0.29, 0.717) is 29.4 Å². The molecule has 0 saturated heterocycles. The van der Waals surface area contributed by atoms with E-state index >= 15 is 0 Å². The van der Waals surface area contributed by atoms with Gasteiger partial charge in [-0.3, -0.25) is 0 Å². The molecule has 0 N–H and O–H groups in total. The molecule has 2 heterocycles. The van der Waals surface area contributed by atoms with Gasteiger partial charge in [-0.2, -0.15) is 0 Å². The van der Waals surface area contributed by atoms with E-state index in [1.165, 1.54) is 11.8 Å². The van der Waals surface area contributed by atoms with Crippen LogP contribution in [-0.4, -0.2) is 29.8 Å². The summed E-state index contributed by atoms with van der Waals surface area (Å²) >= 11 is 1.47. The summed E-state index contributed by atoms with van der Waals surface area (Å²) in [6, 6.07) is 11.2. The molecule has 7 heteroatoms. The van der Waals surface area contributed by atoms with Gasteiger partial charge in [-0.15, -0.1) is 11.8 Å². The Labute approximate surface area is 168 Å². The van der Waals surface area contributed by atoms with Gasteiger partial charge in [0.1, 0.15) is 16.5 Å². The van der Waals surface area contributed by atoms with Crippen LogP contribution in [0, 0.1) is 13.8 Å². The molecular weight excluding hydrogens is 376 g/mol. The second-order valence-corrected chi connectivity index (χ2v) is 7.15. The zero-order valence-electron chi connectivity index (χ0n) is 16.1. The zero-order valence-corrected chi connectivity index (χ0v) is 16.9. The van der Waals surface area contributed by atoms with Crippen LogP contribution in [0.2, 0.25) is 0 Å². The third-order valence-corrected chi connectivity index (χ3v) is 5.34. The number of ether oxygens (including phenoxy) is 2. The number of pyridine rings is 1. The van der Waals surface area contributed by atoms with E-state index in [1.54, 1.807) is 25.4 Å². The lowest BCUT2D eigenvalue weighted by atomic mass is 10.1. The quantitative estimate of drug-likeness (QED) is 0.411. The van der Waals surface area contributed by atoms with Gasteiger partial charge in [0.05, 0.1) is 25.0 Å². The molecule has 0 unspecified atom stereocenters. The lowest BCUT2D eigenvalue weighted by Gasteiger charge is -2.09. The first-order valence-electron chi connectivity index (χ1n) is 8.88. The molecule has 0 fully saturated rings. The SMILES string of the molecule is COc1ccc(CCOC(=O)c2cccnc2SCc2c(C)noc2C)cc1. The molecule has 0 atom stereocenters. The van der Waals surface area contributed by atoms with Crippen molar-refractivity contribution in [3.05, 3.63) is 70.7 Å². The van der Waals surface area contributed by atoms with Gasteiger partial charge in [0.2, 0.25) is 0 Å². The van der Waals surface area contributed by atoms with E-state index in [1.807, 2.05) is 38.1 Å². The fourth-order valence-electron chi connectivity index (χ4n) is 2.64. The molecule has 0 aliphatic rings. The number of methoxy groups -OCH3 is 1. The summed E-state index contributed by atoms with van der Waals surface area (Å²) in [6.07, 6.45) is 2.31. The van der Waals surface area contributed by atoms with Gasteiger partial charge in [0.25, 0.3) is 0 Å². The molecule has 6 nitrogen and oxygen atoms in total. The molecule has 0 aliphatic heterocycles. The smallest absolute Gasteiger partial charge is 0.340 e. The van der Waals surface area contributed by atoms with Crippen molar-refractivity contribution in [3.8, 4) is 5.75 Å². The Morgan fingerprint density at radius 2 is 1.96 bits per heavy atom. The van der Waals surface area contributed by atoms with Crippen LogP contribution in [0.25, 0.3) is 0 Å². The minimum absolute atomic E-state index is 0.300. The molecule has 2 aromatic heterocycles. The summed E-state index contributed by atoms with van der Waals surface area (Å²) in [5.41, 5.74) is 3.42. The van der Waals surface area contributed by atoms with Crippen LogP contribution in [-0.2, 0) is 16.9 Å². The van der Waals surface area contributed by atoms with Crippen LogP contribution >= 0.6 is 11.8 Å². The Bertz CT molecular complexity index is 918. The van der Waals surface area contributed by atoms with E-state index in [9.17, 15) is 4.79 Å². The number of carbonyl (C=O) groups excluding carboxylic acids is 1. The summed E-state index contributed by atoms with van der Waals surface area (Å²) in [6.45, 7) is 4.08. The van der Waals surface area contributed by atoms with Crippen molar-refractivity contribution in [1.29, 1.82) is 0 Å². The topological polar surface area (TPSA) is 74.5 Å². The van der Waals surface area contributed by atoms with Gasteiger partial charge in [-0.05, 0) is 43.7 Å². The highest BCUT2D eigenvalue weighted by Crippen LogP contribution is 2.27. The van der Waals surface area contributed by atoms with Gasteiger partial charge in [0.15, 0.2) is 0 Å². The van der Waals surface area contributed by atoms with Crippen LogP contribution < -0.4 is 4.74 Å². The van der Waals surface area contributed by atoms with E-state index in [-0.39, 0.29) is 5.97 Å². The van der Waals surface area contributed by atoms with Crippen LogP contribution in [0.1, 0.15) is 32.9 Å². The van der Waals surface area contributed by atoms with E-state index in [4.69, 9.17) is 14.0 Å². The maximum atomic E-state index is 12.5. The van der Waals surface area contributed by atoms with Gasteiger partial charge in [-0.1, -0.05) is 17.3 Å². The molecule has 0 bridgehead atoms. The molecule has 28 heavy (non-hydrogen) atoms. The summed E-state index contributed by atoms with van der Waals surface area (Å²) in [7, 11) is 1.63. The number of benzene rings is 1. The Morgan fingerprint density at radius 1 is 1.18 bits per heavy atom. The second-order valence-electron chi connectivity index (χ2n) is 6.18. The lowest BCUT2D eigenvalue weighted by Crippen LogP contribution is -2.10. The van der Waals surface area contributed by atoms with Crippen molar-refractivity contribution in [1.82, 2.24) is 10.1 Å². The molecule has 0 aliphatic carbocycles. The van der Waals surface area contributed by atoms with Crippen molar-refractivity contribution >= 4 is 17.7 Å². The first-order chi connectivity index (χ1) is 13.6. The van der Waals surface area contributed by atoms with Gasteiger partial charge in [-0.25, -0.2) is 9.78 Å². The normalized spacial score (nSPS) is 10.7. The molecule has 0 amide bonds. The number of aryl methyl sites for hydroxylation is 2. The Balaban J connectivity index is 1.58. The predicted octanol–water partition coefficient (Wildman–Crippen LogP) is 4.39. The van der Waals surface area contributed by atoms with Crippen LogP contribution in [0.4, 0.5) is 0 Å². The Hall–Kier alpha value is -2.80. The minimum Gasteiger partial charge on any atom is -0.497 e. The minimum atomic E-state index is -0.372. The lowest BCUT2D eigenvalue weighted by molar-refractivity contribution is 0.0504. The fraction of sp³-hybridized carbons (Fsp3) is 0.286. The average Bonchev–Trinajstić information content (AvgIpc) is 3.04. The number of nitrogens with zero attached hydrogens (tertiary/aromatic N) is 2. The standard InChI is InChI=1S/C21H22N2O4S/c1-14-19(15(2)27-23-14)13-28-20-18(5-4-11-22-20)21(24)26-12-10-16-6-8-17(25-3)9-7-16/h4-9,11H,10,12-13H2,1-3H3. The second kappa shape index (κ2) is 9.41. The van der Waals surface area contributed by atoms with Crippen molar-refractivity contribution in [2.75, 3.05) is 13.7 Å². The molecule has 146 valence electrons. The maximum Gasteiger partial charge on any atom is 0.340 e. The van der Waals surface area contributed by atoms with Crippen molar-refractivity contribution in [2.24, 2.45) is 0 Å². The number of rotatable bonds is 8. The van der Waals surface area contributed by atoms with Crippen molar-refractivity contribution in [2.45, 2.75) is 31.0 Å². The molecule has 1 aromatic carbocycles. The van der Waals surface area contributed by atoms with Gasteiger partial charge in [0, 0.05) is 23.9 Å². The molecule has 0 radical (unpaired) electrons. The monoisotopic (exact) mass is 398 g/mol. The number of carbonyl (C=O) groups is 1. The third kappa shape index (κ3) is 4.92. The number of hydrogen-bond donors (Lipinski definition) is 0. The van der Waals surface area contributed by atoms with E-state index in [2.05, 4.69) is 10.1 Å². The van der Waals surface area contributed by atoms with E-state index < -0.39 is 0 Å². The Morgan fingerprint density at radius 3 is 2.64 bits per heavy atom. The van der Waals surface area contributed by atoms with Crippen LogP contribution in [0.3, 0.4) is 0 Å². The fourth-order valence-corrected chi connectivity index (χ4v) is 3.78. The highest BCUT2D eigenvalue weighted by molar-refractivity contribution is 7.98. The largest absolute Gasteiger partial charge is 0.497 e. The van der Waals surface area contributed by atoms with Crippen molar-refractivity contribution < 1.29 is 18.8 Å². The summed E-state index contributed by atoms with van der Waals surface area (Å²) in [4.78, 5) is 16.9. The molecule has 3 rings (SSSR count). The number of hydrogen-bond acceptors (Lipinski definition) is 7. The molecule has 0 spiro atoms. The third-order valence-electron chi connectivity index (χ3n) is 4.31. The molecular formula is C21H22N2O4S. The van der Waals surface area contributed by atoms with Crippen molar-refractivity contribution in [3.63, 3.8) is 0 Å². The summed E-state index contributed by atoms with van der Waals surface area (Å²) < 4.78 is 15.8. The Kier molecular flexibility index (Phi) is 6.71. The van der Waals surface area contributed by atoms with Gasteiger partial charge >= 0.3 is 5.97 Å². The number of esters is 1. The number of thioether (sulfide) groups is 1. The first-order valence-corrected chi connectivity index (χ1v) is 9.86. The summed E-state index contributed by atoms with van der Waals surface area (Å²) in [5, 5.41) is 4.59. The molecule has 3 aromatic rings. The average molecular weight is 398 g/mol. The van der Waals surface area contributed by atoms with Gasteiger partial charge < -0.3 is 14.0 Å². The zero-order chi connectivity index (χ0) is 19.9. The van der Waals surface area contributed by atoms with E-state index in [0.717, 1.165) is 28.3 Å². The maximum absolute atomic E-state index is 12.5. The van der Waals surface area contributed by atoms with Crippen LogP contribution in [0.5, 0.6) is 5.75 Å². The highest BCUT2D eigenvalue weighted by Gasteiger charge is 2.16. The number of aromatic nitrogens is 2. The molecule has 0 saturated carbocycles.